The lowest BCUT2D eigenvalue weighted by Gasteiger charge is -2.32. The number of hydrogen-bond acceptors (Lipinski definition) is 3. The molecule has 0 heterocycles. The van der Waals surface area contributed by atoms with Crippen molar-refractivity contribution in [2.45, 2.75) is 51.6 Å². The van der Waals surface area contributed by atoms with Crippen LogP contribution in [0.2, 0.25) is 0 Å². The Bertz CT molecular complexity index is 455. The van der Waals surface area contributed by atoms with Gasteiger partial charge in [0, 0.05) is 6.04 Å². The van der Waals surface area contributed by atoms with Gasteiger partial charge in [-0.25, -0.2) is 0 Å². The Morgan fingerprint density at radius 1 is 1.40 bits per heavy atom. The van der Waals surface area contributed by atoms with Crippen molar-refractivity contribution >= 4 is 17.3 Å². The Hall–Kier alpha value is -1.55. The molecule has 0 saturated heterocycles. The number of rotatable bonds is 5. The Morgan fingerprint density at radius 3 is 2.65 bits per heavy atom. The number of benzene rings is 1. The van der Waals surface area contributed by atoms with Crippen LogP contribution in [0.3, 0.4) is 0 Å². The van der Waals surface area contributed by atoms with E-state index in [1.54, 1.807) is 6.07 Å². The molecule has 1 aliphatic carbocycles. The van der Waals surface area contributed by atoms with E-state index >= 15 is 0 Å². The predicted octanol–water partition coefficient (Wildman–Crippen LogP) is 2.86. The number of likely N-dealkylation sites (N-methyl/N-ethyl adjacent to an activating group) is 1. The van der Waals surface area contributed by atoms with Crippen molar-refractivity contribution in [3.63, 3.8) is 0 Å². The summed E-state index contributed by atoms with van der Waals surface area (Å²) in [6.45, 7) is 5.01. The highest BCUT2D eigenvalue weighted by atomic mass is 16.2. The number of nitrogens with one attached hydrogen (secondary N) is 1. The van der Waals surface area contributed by atoms with E-state index in [1.807, 2.05) is 25.1 Å². The molecule has 0 radical (unpaired) electrons. The number of nitrogens with two attached hydrogens (primary N) is 1. The van der Waals surface area contributed by atoms with Gasteiger partial charge in [0.1, 0.15) is 0 Å². The summed E-state index contributed by atoms with van der Waals surface area (Å²) in [5.74, 6) is 0.0247. The molecule has 0 bridgehead atoms. The zero-order chi connectivity index (χ0) is 14.5. The van der Waals surface area contributed by atoms with Crippen LogP contribution >= 0.6 is 0 Å². The molecule has 0 aliphatic heterocycles. The second kappa shape index (κ2) is 6.75. The van der Waals surface area contributed by atoms with Crippen molar-refractivity contribution in [2.75, 3.05) is 17.6 Å². The van der Waals surface area contributed by atoms with E-state index in [2.05, 4.69) is 17.1 Å². The number of nitrogens with zero attached hydrogens (tertiary/aromatic N) is 1. The van der Waals surface area contributed by atoms with Crippen LogP contribution in [-0.4, -0.2) is 29.4 Å². The normalized spacial score (nSPS) is 17.4. The molecule has 4 heteroatoms. The highest BCUT2D eigenvalue weighted by Crippen LogP contribution is 2.25. The number of amides is 1. The maximum absolute atomic E-state index is 12.4. The zero-order valence-electron chi connectivity index (χ0n) is 12.4. The first-order valence-corrected chi connectivity index (χ1v) is 7.54. The molecule has 1 saturated carbocycles. The fourth-order valence-corrected chi connectivity index (χ4v) is 3.08. The average Bonchev–Trinajstić information content (AvgIpc) is 2.96. The van der Waals surface area contributed by atoms with Gasteiger partial charge < -0.3 is 11.1 Å². The topological polar surface area (TPSA) is 58.4 Å². The molecule has 1 aromatic carbocycles. The molecule has 20 heavy (non-hydrogen) atoms. The summed E-state index contributed by atoms with van der Waals surface area (Å²) in [5, 5.41) is 2.94. The Kier molecular flexibility index (Phi) is 5.01. The van der Waals surface area contributed by atoms with Gasteiger partial charge in [0.15, 0.2) is 0 Å². The summed E-state index contributed by atoms with van der Waals surface area (Å²) in [6, 6.07) is 7.81. The standard InChI is InChI=1S/C16H25N3O/c1-3-19(13-8-4-5-9-13)12(2)16(20)18-15-11-7-6-10-14(15)17/h6-7,10-13H,3-5,8-9,17H2,1-2H3,(H,18,20). The molecule has 2 rings (SSSR count). The second-order valence-corrected chi connectivity index (χ2v) is 5.52. The van der Waals surface area contributed by atoms with E-state index in [9.17, 15) is 4.79 Å². The Morgan fingerprint density at radius 2 is 2.05 bits per heavy atom. The van der Waals surface area contributed by atoms with Gasteiger partial charge >= 0.3 is 0 Å². The van der Waals surface area contributed by atoms with Crippen LogP contribution in [0.5, 0.6) is 0 Å². The van der Waals surface area contributed by atoms with E-state index in [0.29, 0.717) is 17.4 Å². The van der Waals surface area contributed by atoms with E-state index in [0.717, 1.165) is 6.54 Å². The first-order valence-electron chi connectivity index (χ1n) is 7.54. The molecule has 1 unspecified atom stereocenters. The largest absolute Gasteiger partial charge is 0.397 e. The number of para-hydroxylation sites is 2. The van der Waals surface area contributed by atoms with Gasteiger partial charge in [0.2, 0.25) is 5.91 Å². The van der Waals surface area contributed by atoms with E-state index < -0.39 is 0 Å². The SMILES string of the molecule is CCN(C1CCCC1)C(C)C(=O)Nc1ccccc1N. The van der Waals surface area contributed by atoms with Crippen molar-refractivity contribution in [1.82, 2.24) is 4.90 Å². The number of anilines is 2. The Balaban J connectivity index is 2.02. The summed E-state index contributed by atoms with van der Waals surface area (Å²) < 4.78 is 0. The maximum Gasteiger partial charge on any atom is 0.241 e. The monoisotopic (exact) mass is 275 g/mol. The van der Waals surface area contributed by atoms with Crippen molar-refractivity contribution in [3.8, 4) is 0 Å². The van der Waals surface area contributed by atoms with Crippen LogP contribution in [0.4, 0.5) is 11.4 Å². The summed E-state index contributed by atoms with van der Waals surface area (Å²) in [7, 11) is 0. The van der Waals surface area contributed by atoms with Gasteiger partial charge in [-0.2, -0.15) is 0 Å². The number of hydrogen-bond donors (Lipinski definition) is 2. The third-order valence-electron chi connectivity index (χ3n) is 4.25. The molecular formula is C16H25N3O. The minimum atomic E-state index is -0.122. The molecule has 0 aromatic heterocycles. The van der Waals surface area contributed by atoms with Gasteiger partial charge in [-0.3, -0.25) is 9.69 Å². The summed E-state index contributed by atoms with van der Waals surface area (Å²) >= 11 is 0. The van der Waals surface area contributed by atoms with E-state index in [4.69, 9.17) is 5.73 Å². The molecule has 1 fully saturated rings. The maximum atomic E-state index is 12.4. The Labute approximate surface area is 121 Å². The van der Waals surface area contributed by atoms with Crippen LogP contribution in [0.1, 0.15) is 39.5 Å². The molecule has 1 aliphatic rings. The number of carbonyl (C=O) groups excluding carboxylic acids is 1. The van der Waals surface area contributed by atoms with Crippen LogP contribution in [0.25, 0.3) is 0 Å². The van der Waals surface area contributed by atoms with Gasteiger partial charge in [0.05, 0.1) is 17.4 Å². The molecule has 1 aromatic rings. The molecule has 0 spiro atoms. The van der Waals surface area contributed by atoms with E-state index in [1.165, 1.54) is 25.7 Å². The molecule has 4 nitrogen and oxygen atoms in total. The third-order valence-corrected chi connectivity index (χ3v) is 4.25. The lowest BCUT2D eigenvalue weighted by molar-refractivity contribution is -0.121. The summed E-state index contributed by atoms with van der Waals surface area (Å²) in [4.78, 5) is 14.7. The highest BCUT2D eigenvalue weighted by molar-refractivity contribution is 5.97. The molecule has 110 valence electrons. The summed E-state index contributed by atoms with van der Waals surface area (Å²) in [6.07, 6.45) is 4.97. The van der Waals surface area contributed by atoms with E-state index in [-0.39, 0.29) is 11.9 Å². The first-order chi connectivity index (χ1) is 9.63. The van der Waals surface area contributed by atoms with Crippen molar-refractivity contribution in [1.29, 1.82) is 0 Å². The molecule has 1 atom stereocenters. The van der Waals surface area contributed by atoms with Gasteiger partial charge in [-0.1, -0.05) is 31.9 Å². The molecule has 3 N–H and O–H groups in total. The minimum absolute atomic E-state index is 0.0247. The van der Waals surface area contributed by atoms with Gasteiger partial charge in [0.25, 0.3) is 0 Å². The molecule has 1 amide bonds. The smallest absolute Gasteiger partial charge is 0.241 e. The highest BCUT2D eigenvalue weighted by Gasteiger charge is 2.29. The van der Waals surface area contributed by atoms with Crippen LogP contribution in [0, 0.1) is 0 Å². The number of nitrogen functional groups attached to an aromatic ring is 1. The van der Waals surface area contributed by atoms with Gasteiger partial charge in [-0.15, -0.1) is 0 Å². The predicted molar refractivity (Wildman–Crippen MR) is 83.6 cm³/mol. The quantitative estimate of drug-likeness (QED) is 0.812. The minimum Gasteiger partial charge on any atom is -0.397 e. The lowest BCUT2D eigenvalue weighted by atomic mass is 10.1. The number of carbonyl (C=O) groups is 1. The average molecular weight is 275 g/mol. The first kappa shape index (κ1) is 14.9. The fourth-order valence-electron chi connectivity index (χ4n) is 3.08. The third kappa shape index (κ3) is 3.31. The molecular weight excluding hydrogens is 250 g/mol. The zero-order valence-corrected chi connectivity index (χ0v) is 12.4. The van der Waals surface area contributed by atoms with Crippen molar-refractivity contribution in [2.24, 2.45) is 0 Å². The van der Waals surface area contributed by atoms with Gasteiger partial charge in [-0.05, 0) is 38.4 Å². The van der Waals surface area contributed by atoms with Crippen LogP contribution in [-0.2, 0) is 4.79 Å². The van der Waals surface area contributed by atoms with Crippen LogP contribution in [0.15, 0.2) is 24.3 Å². The summed E-state index contributed by atoms with van der Waals surface area (Å²) in [5.41, 5.74) is 7.18. The second-order valence-electron chi connectivity index (χ2n) is 5.52. The fraction of sp³-hybridized carbons (Fsp3) is 0.562. The van der Waals surface area contributed by atoms with Crippen LogP contribution < -0.4 is 11.1 Å². The lowest BCUT2D eigenvalue weighted by Crippen LogP contribution is -2.46. The van der Waals surface area contributed by atoms with Crippen molar-refractivity contribution < 1.29 is 4.79 Å². The van der Waals surface area contributed by atoms with Crippen molar-refractivity contribution in [3.05, 3.63) is 24.3 Å².